The number of ether oxygens (including phenoxy) is 4. The average Bonchev–Trinajstić information content (AvgIpc) is 3.99. The van der Waals surface area contributed by atoms with Gasteiger partial charge in [-0.05, 0) is 79.5 Å². The van der Waals surface area contributed by atoms with Crippen LogP contribution in [0.15, 0.2) is 72.8 Å². The molecule has 6 atom stereocenters. The first-order valence-electron chi connectivity index (χ1n) is 23.0. The highest BCUT2D eigenvalue weighted by atomic mass is 35.5. The van der Waals surface area contributed by atoms with E-state index < -0.39 is 42.4 Å². The van der Waals surface area contributed by atoms with Crippen molar-refractivity contribution in [2.24, 2.45) is 5.92 Å². The Bertz CT molecular complexity index is 2910. The smallest absolute Gasteiger partial charge is 0.407 e. The highest BCUT2D eigenvalue weighted by molar-refractivity contribution is 6.32. The lowest BCUT2D eigenvalue weighted by molar-refractivity contribution is -0.137. The molecule has 4 aromatic carbocycles. The second-order valence-corrected chi connectivity index (χ2v) is 17.6. The van der Waals surface area contributed by atoms with Crippen molar-refractivity contribution < 1.29 is 38.1 Å². The number of halogens is 1. The van der Waals surface area contributed by atoms with Gasteiger partial charge in [0, 0.05) is 36.6 Å². The lowest BCUT2D eigenvalue weighted by Gasteiger charge is -2.34. The van der Waals surface area contributed by atoms with Crippen LogP contribution in [0.1, 0.15) is 95.3 Å². The molecule has 0 aliphatic carbocycles. The summed E-state index contributed by atoms with van der Waals surface area (Å²) in [7, 11) is 4.12. The van der Waals surface area contributed by atoms with E-state index in [0.717, 1.165) is 44.1 Å². The fourth-order valence-electron chi connectivity index (χ4n) is 8.80. The zero-order valence-corrected chi connectivity index (χ0v) is 41.1. The molecule has 0 saturated heterocycles. The van der Waals surface area contributed by atoms with E-state index >= 15 is 0 Å². The van der Waals surface area contributed by atoms with Gasteiger partial charge in [-0.25, -0.2) is 19.6 Å². The van der Waals surface area contributed by atoms with E-state index in [-0.39, 0.29) is 24.3 Å². The second kappa shape index (κ2) is 21.9. The molecule has 0 spiro atoms. The number of carbonyl (C=O) groups excluding carboxylic acids is 4. The number of nitrogens with zero attached hydrogens (tertiary/aromatic N) is 4. The minimum atomic E-state index is -1.03. The summed E-state index contributed by atoms with van der Waals surface area (Å²) < 4.78 is 21.5. The van der Waals surface area contributed by atoms with Crippen molar-refractivity contribution in [2.45, 2.75) is 91.2 Å². The van der Waals surface area contributed by atoms with Crippen LogP contribution in [0.2, 0.25) is 5.15 Å². The Hall–Kier alpha value is -7.09. The fourth-order valence-corrected chi connectivity index (χ4v) is 9.05. The molecule has 4 N–H and O–H groups in total. The van der Waals surface area contributed by atoms with Crippen LogP contribution in [0.4, 0.5) is 9.59 Å². The van der Waals surface area contributed by atoms with Gasteiger partial charge in [0.15, 0.2) is 0 Å². The summed E-state index contributed by atoms with van der Waals surface area (Å²) in [5.41, 5.74) is 6.24. The van der Waals surface area contributed by atoms with Crippen LogP contribution in [-0.2, 0) is 30.4 Å². The number of imidazole rings is 2. The van der Waals surface area contributed by atoms with Gasteiger partial charge in [-0.3, -0.25) is 9.59 Å². The number of hydrogen-bond donors (Lipinski definition) is 4. The van der Waals surface area contributed by atoms with Crippen molar-refractivity contribution in [1.29, 1.82) is 0 Å². The van der Waals surface area contributed by atoms with E-state index in [2.05, 4.69) is 38.5 Å². The summed E-state index contributed by atoms with van der Waals surface area (Å²) in [6, 6.07) is 19.7. The topological polar surface area (TPSA) is 193 Å². The molecule has 17 heteroatoms. The van der Waals surface area contributed by atoms with Gasteiger partial charge in [-0.1, -0.05) is 86.8 Å². The average molecular weight is 960 g/mol. The molecule has 0 fully saturated rings. The van der Waals surface area contributed by atoms with Crippen LogP contribution in [0.3, 0.4) is 0 Å². The van der Waals surface area contributed by atoms with E-state index in [4.69, 9.17) is 40.5 Å². The molecule has 7 rings (SSSR count). The number of benzene rings is 4. The number of fused-ring (bicyclic) bond motifs is 6. The van der Waals surface area contributed by atoms with E-state index in [9.17, 15) is 19.2 Å². The van der Waals surface area contributed by atoms with E-state index in [1.165, 1.54) is 14.2 Å². The molecule has 362 valence electrons. The predicted octanol–water partition coefficient (Wildman–Crippen LogP) is 9.41. The van der Waals surface area contributed by atoms with Crippen LogP contribution < -0.4 is 15.4 Å². The van der Waals surface area contributed by atoms with Gasteiger partial charge in [0.05, 0.1) is 50.0 Å². The number of alkyl carbamates (subject to hydrolysis) is 2. The highest BCUT2D eigenvalue weighted by Crippen LogP contribution is 2.43. The minimum Gasteiger partial charge on any atom is -0.488 e. The molecule has 69 heavy (non-hydrogen) atoms. The number of carbonyl (C=O) groups is 4. The molecule has 0 saturated carbocycles. The van der Waals surface area contributed by atoms with E-state index in [0.29, 0.717) is 59.8 Å². The van der Waals surface area contributed by atoms with E-state index in [1.54, 1.807) is 48.1 Å². The number of aromatic amines is 2. The van der Waals surface area contributed by atoms with Crippen molar-refractivity contribution in [3.05, 3.63) is 101 Å². The molecule has 0 radical (unpaired) electrons. The zero-order chi connectivity index (χ0) is 49.5. The van der Waals surface area contributed by atoms with Gasteiger partial charge < -0.3 is 49.3 Å². The maximum absolute atomic E-state index is 14.5. The third kappa shape index (κ3) is 10.6. The number of amides is 4. The first kappa shape index (κ1) is 49.8. The Kier molecular flexibility index (Phi) is 15.8. The summed E-state index contributed by atoms with van der Waals surface area (Å²) in [4.78, 5) is 73.2. The van der Waals surface area contributed by atoms with Crippen molar-refractivity contribution >= 4 is 57.4 Å². The Balaban J connectivity index is 1.18. The monoisotopic (exact) mass is 958 g/mol. The number of methoxy groups -OCH3 is 3. The molecule has 6 aromatic rings. The molecule has 4 amide bonds. The van der Waals surface area contributed by atoms with E-state index in [1.807, 2.05) is 77.1 Å². The second-order valence-electron chi connectivity index (χ2n) is 17.2. The molecular weight excluding hydrogens is 900 g/mol. The molecule has 1 aliphatic heterocycles. The molecule has 2 aromatic heterocycles. The molecule has 3 heterocycles. The van der Waals surface area contributed by atoms with Gasteiger partial charge in [-0.15, -0.1) is 5.92 Å². The van der Waals surface area contributed by atoms with Crippen molar-refractivity contribution in [3.63, 3.8) is 0 Å². The summed E-state index contributed by atoms with van der Waals surface area (Å²) >= 11 is 6.92. The molecule has 1 aliphatic rings. The van der Waals surface area contributed by atoms with Crippen molar-refractivity contribution in [1.82, 2.24) is 40.4 Å². The van der Waals surface area contributed by atoms with Gasteiger partial charge in [0.1, 0.15) is 46.9 Å². The quantitative estimate of drug-likeness (QED) is 0.0680. The van der Waals surface area contributed by atoms with Crippen molar-refractivity contribution in [2.75, 3.05) is 34.5 Å². The van der Waals surface area contributed by atoms with Crippen LogP contribution in [-0.4, -0.2) is 100 Å². The standard InChI is InChI=1S/C52H59ClN8O8/c1-10-12-18-37(11-2)61(49(62)30(4)54-51(64)67-8)32(6)48-55-41-22-20-34-24-40-38-21-19-35(23-36(38)28-69-42(40)25-39(34)45(41)57-48)43-46(53)59-47(56-43)31(5)60(26-29(3)27-66-7)50(63)44(58-52(65)68-9)33-16-14-13-15-17-33/h13-17,19-25,29-32,37,44H,10-11,26-28H2,1-9H3,(H,54,64)(H,55,57)(H,56,59)(H,58,65)/t29-,30-,31-,32-,37+,44+/m0/s1. The van der Waals surface area contributed by atoms with Crippen LogP contribution in [0.25, 0.3) is 44.2 Å². The van der Waals surface area contributed by atoms with Gasteiger partial charge >= 0.3 is 12.2 Å². The Morgan fingerprint density at radius 2 is 1.57 bits per heavy atom. The molecule has 0 bridgehead atoms. The summed E-state index contributed by atoms with van der Waals surface area (Å²) in [6.45, 7) is 12.3. The largest absolute Gasteiger partial charge is 0.488 e. The highest BCUT2D eigenvalue weighted by Gasteiger charge is 2.35. The maximum atomic E-state index is 14.5. The first-order valence-corrected chi connectivity index (χ1v) is 23.4. The molecular formula is C52H59ClN8O8. The van der Waals surface area contributed by atoms with Crippen LogP contribution in [0, 0.1) is 17.8 Å². The number of hydrogen-bond acceptors (Lipinski definition) is 10. The molecule has 0 unspecified atom stereocenters. The first-order chi connectivity index (χ1) is 33.2. The summed E-state index contributed by atoms with van der Waals surface area (Å²) in [5, 5.41) is 7.45. The lowest BCUT2D eigenvalue weighted by Crippen LogP contribution is -2.51. The fraction of sp³-hybridized carbons (Fsp3) is 0.385. The summed E-state index contributed by atoms with van der Waals surface area (Å²) in [5.74, 6) is 7.39. The Morgan fingerprint density at radius 1 is 0.841 bits per heavy atom. The lowest BCUT2D eigenvalue weighted by atomic mass is 9.92. The number of nitrogens with one attached hydrogen (secondary N) is 4. The van der Waals surface area contributed by atoms with Gasteiger partial charge in [0.25, 0.3) is 5.91 Å². The Labute approximate surface area is 406 Å². The zero-order valence-electron chi connectivity index (χ0n) is 40.4. The van der Waals surface area contributed by atoms with Crippen LogP contribution >= 0.6 is 11.6 Å². The Morgan fingerprint density at radius 3 is 2.26 bits per heavy atom. The number of aromatic nitrogens is 4. The third-order valence-electron chi connectivity index (χ3n) is 12.4. The van der Waals surface area contributed by atoms with Gasteiger partial charge in [-0.2, -0.15) is 0 Å². The number of H-pyrrole nitrogens is 2. The van der Waals surface area contributed by atoms with Gasteiger partial charge in [0.2, 0.25) is 5.91 Å². The number of rotatable bonds is 16. The normalized spacial score (nSPS) is 14.3. The minimum absolute atomic E-state index is 0.0568. The molecule has 16 nitrogen and oxygen atoms in total. The maximum Gasteiger partial charge on any atom is 0.407 e. The predicted molar refractivity (Wildman–Crippen MR) is 264 cm³/mol. The SMILES string of the molecule is CCC#C[C@@H](CC)N(C(=O)[C@H](C)NC(=O)OC)[C@@H](C)c1nc2c(ccc3cc4c(cc32)OCc2cc(-c3nc([C@H](C)N(C[C@H](C)COC)C(=O)[C@H](NC(=O)OC)c5ccccc5)[nH]c3Cl)ccc2-4)[nH]1. The van der Waals surface area contributed by atoms with Crippen LogP contribution in [0.5, 0.6) is 5.75 Å². The third-order valence-corrected chi connectivity index (χ3v) is 12.6. The summed E-state index contributed by atoms with van der Waals surface area (Å²) in [6.07, 6.45) is -0.230. The van der Waals surface area contributed by atoms with Crippen molar-refractivity contribution in [3.8, 4) is 40.0 Å².